The van der Waals surface area contributed by atoms with Crippen molar-refractivity contribution in [1.29, 1.82) is 0 Å². The fraction of sp³-hybridized carbons (Fsp3) is 0.619. The summed E-state index contributed by atoms with van der Waals surface area (Å²) < 4.78 is 38.2. The quantitative estimate of drug-likeness (QED) is 0.759. The third kappa shape index (κ3) is 5.26. The number of carbonyl (C=O) groups is 2. The van der Waals surface area contributed by atoms with Crippen molar-refractivity contribution in [1.82, 2.24) is 5.32 Å². The molecule has 0 atom stereocenters. The van der Waals surface area contributed by atoms with Crippen molar-refractivity contribution >= 4 is 17.9 Å². The third-order valence-corrected chi connectivity index (χ3v) is 6.13. The topological polar surface area (TPSA) is 49.4 Å². The first-order chi connectivity index (χ1) is 13.4. The van der Waals surface area contributed by atoms with Crippen LogP contribution in [0.1, 0.15) is 48.9 Å². The summed E-state index contributed by atoms with van der Waals surface area (Å²) in [5.74, 6) is -1.05. The first-order valence-electron chi connectivity index (χ1n) is 10.0. The van der Waals surface area contributed by atoms with Gasteiger partial charge in [-0.25, -0.2) is 0 Å². The maximum Gasteiger partial charge on any atom is 0.391 e. The summed E-state index contributed by atoms with van der Waals surface area (Å²) in [4.78, 5) is 25.4. The van der Waals surface area contributed by atoms with Crippen LogP contribution in [-0.2, 0) is 4.79 Å². The van der Waals surface area contributed by atoms with Crippen LogP contribution in [0.15, 0.2) is 24.3 Å². The molecule has 4 nitrogen and oxygen atoms in total. The van der Waals surface area contributed by atoms with E-state index in [1.54, 1.807) is 12.1 Å². The van der Waals surface area contributed by atoms with Gasteiger partial charge in [0.1, 0.15) is 6.29 Å². The number of hydrogen-bond acceptors (Lipinski definition) is 3. The average Bonchev–Trinajstić information content (AvgIpc) is 2.72. The second-order valence-corrected chi connectivity index (χ2v) is 7.98. The predicted octanol–water partition coefficient (Wildman–Crippen LogP) is 4.20. The zero-order chi connectivity index (χ0) is 20.1. The molecular weight excluding hydrogens is 369 g/mol. The maximum atomic E-state index is 12.7. The molecule has 154 valence electrons. The molecule has 1 amide bonds. The summed E-state index contributed by atoms with van der Waals surface area (Å²) >= 11 is 0. The lowest BCUT2D eigenvalue weighted by atomic mass is 9.81. The number of alkyl halides is 3. The fourth-order valence-corrected chi connectivity index (χ4v) is 4.25. The van der Waals surface area contributed by atoms with Crippen molar-refractivity contribution in [3.8, 4) is 0 Å². The van der Waals surface area contributed by atoms with E-state index >= 15 is 0 Å². The summed E-state index contributed by atoms with van der Waals surface area (Å²) in [5, 5.41) is 2.97. The number of aldehydes is 1. The van der Waals surface area contributed by atoms with Crippen LogP contribution in [-0.4, -0.2) is 38.0 Å². The van der Waals surface area contributed by atoms with Crippen molar-refractivity contribution in [2.75, 3.05) is 24.5 Å². The average molecular weight is 396 g/mol. The van der Waals surface area contributed by atoms with E-state index in [9.17, 15) is 22.8 Å². The van der Waals surface area contributed by atoms with Gasteiger partial charge in [0, 0.05) is 36.8 Å². The van der Waals surface area contributed by atoms with Gasteiger partial charge in [0.25, 0.3) is 0 Å². The maximum absolute atomic E-state index is 12.7. The smallest absolute Gasteiger partial charge is 0.371 e. The molecule has 1 aliphatic carbocycles. The third-order valence-electron chi connectivity index (χ3n) is 6.13. The number of hydrogen-bond donors (Lipinski definition) is 1. The number of piperidine rings is 1. The van der Waals surface area contributed by atoms with E-state index in [-0.39, 0.29) is 30.6 Å². The van der Waals surface area contributed by atoms with E-state index in [0.717, 1.165) is 37.9 Å². The molecule has 2 fully saturated rings. The molecule has 1 heterocycles. The van der Waals surface area contributed by atoms with E-state index in [2.05, 4.69) is 10.2 Å². The highest BCUT2D eigenvalue weighted by molar-refractivity contribution is 5.79. The van der Waals surface area contributed by atoms with Crippen LogP contribution in [0.4, 0.5) is 18.9 Å². The Morgan fingerprint density at radius 3 is 2.18 bits per heavy atom. The summed E-state index contributed by atoms with van der Waals surface area (Å²) in [7, 11) is 0. The van der Waals surface area contributed by atoms with Gasteiger partial charge in [-0.2, -0.15) is 13.2 Å². The van der Waals surface area contributed by atoms with Crippen molar-refractivity contribution in [3.63, 3.8) is 0 Å². The monoisotopic (exact) mass is 396 g/mol. The van der Waals surface area contributed by atoms with Crippen LogP contribution in [0.2, 0.25) is 0 Å². The number of nitrogens with zero attached hydrogens (tertiary/aromatic N) is 1. The molecular formula is C21H27F3N2O2. The van der Waals surface area contributed by atoms with Gasteiger partial charge in [0.15, 0.2) is 0 Å². The number of benzene rings is 1. The van der Waals surface area contributed by atoms with Crippen molar-refractivity contribution in [3.05, 3.63) is 29.8 Å². The van der Waals surface area contributed by atoms with E-state index < -0.39 is 12.1 Å². The highest BCUT2D eigenvalue weighted by Gasteiger charge is 2.41. The Hall–Kier alpha value is -2.05. The number of amides is 1. The molecule has 1 aliphatic heterocycles. The van der Waals surface area contributed by atoms with Gasteiger partial charge in [-0.3, -0.25) is 9.59 Å². The number of nitrogens with one attached hydrogen (secondary N) is 1. The predicted molar refractivity (Wildman–Crippen MR) is 101 cm³/mol. The summed E-state index contributed by atoms with van der Waals surface area (Å²) in [5.41, 5.74) is 1.69. The van der Waals surface area contributed by atoms with Gasteiger partial charge in [0.2, 0.25) is 5.91 Å². The molecule has 0 spiro atoms. The van der Waals surface area contributed by atoms with E-state index in [1.807, 2.05) is 12.1 Å². The fourth-order valence-electron chi connectivity index (χ4n) is 4.25. The SMILES string of the molecule is O=Cc1ccc(N2CCC(C(=O)NCC3CCC(C(F)(F)F)CC3)CC2)cc1. The number of carbonyl (C=O) groups excluding carboxylic acids is 2. The zero-order valence-electron chi connectivity index (χ0n) is 15.9. The van der Waals surface area contributed by atoms with Crippen LogP contribution in [0, 0.1) is 17.8 Å². The Labute approximate surface area is 163 Å². The van der Waals surface area contributed by atoms with Crippen molar-refractivity contribution in [2.24, 2.45) is 17.8 Å². The lowest BCUT2D eigenvalue weighted by molar-refractivity contribution is -0.183. The van der Waals surface area contributed by atoms with Crippen molar-refractivity contribution < 1.29 is 22.8 Å². The molecule has 3 rings (SSSR count). The molecule has 1 saturated heterocycles. The number of anilines is 1. The van der Waals surface area contributed by atoms with Gasteiger partial charge < -0.3 is 10.2 Å². The van der Waals surface area contributed by atoms with Crippen LogP contribution < -0.4 is 10.2 Å². The Balaban J connectivity index is 1.39. The van der Waals surface area contributed by atoms with E-state index in [1.165, 1.54) is 0 Å². The second kappa shape index (κ2) is 8.97. The normalized spacial score (nSPS) is 24.0. The molecule has 28 heavy (non-hydrogen) atoms. The van der Waals surface area contributed by atoms with Gasteiger partial charge in [-0.1, -0.05) is 0 Å². The van der Waals surface area contributed by atoms with Gasteiger partial charge in [-0.15, -0.1) is 0 Å². The molecule has 2 aliphatic rings. The molecule has 0 unspecified atom stereocenters. The summed E-state index contributed by atoms with van der Waals surface area (Å²) in [6.45, 7) is 2.03. The zero-order valence-corrected chi connectivity index (χ0v) is 15.9. The molecule has 0 aromatic heterocycles. The van der Waals surface area contributed by atoms with Gasteiger partial charge in [0.05, 0.1) is 5.92 Å². The van der Waals surface area contributed by atoms with Crippen LogP contribution in [0.5, 0.6) is 0 Å². The summed E-state index contributed by atoms with van der Waals surface area (Å²) in [6, 6.07) is 7.41. The van der Waals surface area contributed by atoms with Crippen LogP contribution in [0.25, 0.3) is 0 Å². The van der Waals surface area contributed by atoms with Gasteiger partial charge in [-0.05, 0) is 68.7 Å². The Morgan fingerprint density at radius 2 is 1.64 bits per heavy atom. The Morgan fingerprint density at radius 1 is 1.04 bits per heavy atom. The largest absolute Gasteiger partial charge is 0.391 e. The lowest BCUT2D eigenvalue weighted by Gasteiger charge is -2.34. The van der Waals surface area contributed by atoms with E-state index in [0.29, 0.717) is 24.9 Å². The minimum atomic E-state index is -4.09. The Kier molecular flexibility index (Phi) is 6.62. The standard InChI is InChI=1S/C21H27F3N2O2/c22-21(23,24)18-5-1-15(2-6-18)13-25-20(28)17-9-11-26(12-10-17)19-7-3-16(14-27)4-8-19/h3-4,7-8,14-15,17-18H,1-2,5-6,9-13H2,(H,25,28). The Bertz CT molecular complexity index is 659. The molecule has 1 aromatic carbocycles. The molecule has 7 heteroatoms. The van der Waals surface area contributed by atoms with Crippen molar-refractivity contribution in [2.45, 2.75) is 44.7 Å². The second-order valence-electron chi connectivity index (χ2n) is 7.98. The summed E-state index contributed by atoms with van der Waals surface area (Å²) in [6.07, 6.45) is -0.369. The number of halogens is 3. The number of rotatable bonds is 5. The molecule has 1 saturated carbocycles. The first-order valence-corrected chi connectivity index (χ1v) is 10.0. The highest BCUT2D eigenvalue weighted by atomic mass is 19.4. The van der Waals surface area contributed by atoms with Crippen LogP contribution in [0.3, 0.4) is 0 Å². The van der Waals surface area contributed by atoms with Crippen LogP contribution >= 0.6 is 0 Å². The van der Waals surface area contributed by atoms with Gasteiger partial charge >= 0.3 is 6.18 Å². The molecule has 0 bridgehead atoms. The highest BCUT2D eigenvalue weighted by Crippen LogP contribution is 2.39. The lowest BCUT2D eigenvalue weighted by Crippen LogP contribution is -2.42. The van der Waals surface area contributed by atoms with E-state index in [4.69, 9.17) is 0 Å². The first kappa shape index (κ1) is 20.7. The molecule has 1 N–H and O–H groups in total. The molecule has 1 aromatic rings. The minimum Gasteiger partial charge on any atom is -0.371 e. The molecule has 0 radical (unpaired) electrons. The minimum absolute atomic E-state index is 0.0221.